The average Bonchev–Trinajstić information content (AvgIpc) is 2.49. The largest absolute Gasteiger partial charge is 0.492 e. The van der Waals surface area contributed by atoms with Crippen LogP contribution in [0.1, 0.15) is 29.9 Å². The van der Waals surface area contributed by atoms with E-state index >= 15 is 0 Å². The molecule has 0 unspecified atom stereocenters. The lowest BCUT2D eigenvalue weighted by Gasteiger charge is -2.16. The number of carbonyl (C=O) groups is 1. The average molecular weight is 230 g/mol. The van der Waals surface area contributed by atoms with Gasteiger partial charge in [-0.2, -0.15) is 0 Å². The van der Waals surface area contributed by atoms with Crippen molar-refractivity contribution < 1.29 is 19.7 Å². The monoisotopic (exact) mass is 230 g/mol. The SMILES string of the molecule is CC(C)(O)CCOc1ccsc1C(=O)O. The predicted molar refractivity (Wildman–Crippen MR) is 57.7 cm³/mol. The molecule has 5 heteroatoms. The van der Waals surface area contributed by atoms with Gasteiger partial charge in [-0.15, -0.1) is 11.3 Å². The van der Waals surface area contributed by atoms with Crippen LogP contribution in [0.25, 0.3) is 0 Å². The van der Waals surface area contributed by atoms with Crippen LogP contribution >= 0.6 is 11.3 Å². The van der Waals surface area contributed by atoms with Crippen LogP contribution in [0.4, 0.5) is 0 Å². The fraction of sp³-hybridized carbons (Fsp3) is 0.500. The Bertz CT molecular complexity index is 337. The number of carboxylic acid groups (broad SMARTS) is 1. The molecule has 0 atom stereocenters. The highest BCUT2D eigenvalue weighted by molar-refractivity contribution is 7.12. The molecule has 1 heterocycles. The third-order valence-electron chi connectivity index (χ3n) is 1.79. The normalized spacial score (nSPS) is 11.4. The molecule has 0 amide bonds. The van der Waals surface area contributed by atoms with Crippen LogP contribution in [0.5, 0.6) is 5.75 Å². The summed E-state index contributed by atoms with van der Waals surface area (Å²) < 4.78 is 5.28. The summed E-state index contributed by atoms with van der Waals surface area (Å²) in [4.78, 5) is 10.9. The first kappa shape index (κ1) is 12.0. The third-order valence-corrected chi connectivity index (χ3v) is 2.68. The van der Waals surface area contributed by atoms with Crippen LogP contribution in [0.2, 0.25) is 0 Å². The summed E-state index contributed by atoms with van der Waals surface area (Å²) in [5.74, 6) is -0.611. The molecule has 0 aliphatic carbocycles. The van der Waals surface area contributed by atoms with E-state index in [1.54, 1.807) is 25.3 Å². The zero-order valence-corrected chi connectivity index (χ0v) is 9.50. The maximum Gasteiger partial charge on any atom is 0.349 e. The van der Waals surface area contributed by atoms with Crippen molar-refractivity contribution in [2.45, 2.75) is 25.9 Å². The first-order chi connectivity index (χ1) is 6.90. The highest BCUT2D eigenvalue weighted by Gasteiger charge is 2.15. The zero-order valence-electron chi connectivity index (χ0n) is 8.69. The standard InChI is InChI=1S/C10H14O4S/c1-10(2,13)4-5-14-7-3-6-15-8(7)9(11)12/h3,6,13H,4-5H2,1-2H3,(H,11,12). The molecule has 1 aromatic rings. The Morgan fingerprint density at radius 3 is 2.80 bits per heavy atom. The van der Waals surface area contributed by atoms with Crippen LogP contribution in [-0.4, -0.2) is 28.4 Å². The van der Waals surface area contributed by atoms with E-state index in [4.69, 9.17) is 9.84 Å². The van der Waals surface area contributed by atoms with Crippen molar-refractivity contribution in [3.63, 3.8) is 0 Å². The molecule has 0 aliphatic heterocycles. The van der Waals surface area contributed by atoms with Crippen molar-refractivity contribution in [3.05, 3.63) is 16.3 Å². The van der Waals surface area contributed by atoms with Gasteiger partial charge in [-0.25, -0.2) is 4.79 Å². The molecule has 1 rings (SSSR count). The Kier molecular flexibility index (Phi) is 3.71. The first-order valence-corrected chi connectivity index (χ1v) is 5.44. The molecule has 0 saturated heterocycles. The van der Waals surface area contributed by atoms with Gasteiger partial charge in [0.25, 0.3) is 0 Å². The summed E-state index contributed by atoms with van der Waals surface area (Å²) in [5.41, 5.74) is -0.792. The van der Waals surface area contributed by atoms with Gasteiger partial charge in [-0.3, -0.25) is 0 Å². The molecule has 4 nitrogen and oxygen atoms in total. The Morgan fingerprint density at radius 1 is 1.60 bits per heavy atom. The Balaban J connectivity index is 2.51. The Morgan fingerprint density at radius 2 is 2.27 bits per heavy atom. The first-order valence-electron chi connectivity index (χ1n) is 4.56. The quantitative estimate of drug-likeness (QED) is 0.811. The molecule has 2 N–H and O–H groups in total. The minimum Gasteiger partial charge on any atom is -0.492 e. The second-order valence-electron chi connectivity index (χ2n) is 3.83. The van der Waals surface area contributed by atoms with E-state index in [2.05, 4.69) is 0 Å². The van der Waals surface area contributed by atoms with E-state index in [1.165, 1.54) is 0 Å². The summed E-state index contributed by atoms with van der Waals surface area (Å²) in [6.07, 6.45) is 0.460. The van der Waals surface area contributed by atoms with Gasteiger partial charge in [0.05, 0.1) is 12.2 Å². The summed E-state index contributed by atoms with van der Waals surface area (Å²) in [6.45, 7) is 3.67. The number of aromatic carboxylic acids is 1. The molecular formula is C10H14O4S. The minimum atomic E-state index is -0.983. The minimum absolute atomic E-state index is 0.200. The van der Waals surface area contributed by atoms with Crippen molar-refractivity contribution in [1.82, 2.24) is 0 Å². The van der Waals surface area contributed by atoms with Gasteiger partial charge in [0.1, 0.15) is 5.75 Å². The van der Waals surface area contributed by atoms with E-state index in [1.807, 2.05) is 0 Å². The second kappa shape index (κ2) is 4.63. The molecule has 0 bridgehead atoms. The predicted octanol–water partition coefficient (Wildman–Crippen LogP) is 1.99. The van der Waals surface area contributed by atoms with E-state index < -0.39 is 11.6 Å². The van der Waals surface area contributed by atoms with Crippen LogP contribution in [0, 0.1) is 0 Å². The number of hydrogen-bond donors (Lipinski definition) is 2. The van der Waals surface area contributed by atoms with Gasteiger partial charge < -0.3 is 14.9 Å². The second-order valence-corrected chi connectivity index (χ2v) is 4.75. The third kappa shape index (κ3) is 3.89. The smallest absolute Gasteiger partial charge is 0.349 e. The molecule has 1 aromatic heterocycles. The summed E-state index contributed by atoms with van der Waals surface area (Å²) in [5, 5.41) is 19.9. The molecule has 0 saturated carbocycles. The van der Waals surface area contributed by atoms with E-state index in [0.29, 0.717) is 18.8 Å². The van der Waals surface area contributed by atoms with Crippen molar-refractivity contribution in [2.75, 3.05) is 6.61 Å². The van der Waals surface area contributed by atoms with Crippen LogP contribution in [0.15, 0.2) is 11.4 Å². The molecule has 0 aromatic carbocycles. The number of ether oxygens (including phenoxy) is 1. The lowest BCUT2D eigenvalue weighted by atomic mass is 10.1. The van der Waals surface area contributed by atoms with Gasteiger partial charge in [-0.1, -0.05) is 0 Å². The molecule has 0 radical (unpaired) electrons. The maximum atomic E-state index is 10.7. The van der Waals surface area contributed by atoms with Crippen molar-refractivity contribution >= 4 is 17.3 Å². The number of aliphatic hydroxyl groups is 1. The highest BCUT2D eigenvalue weighted by Crippen LogP contribution is 2.25. The zero-order chi connectivity index (χ0) is 11.5. The fourth-order valence-electron chi connectivity index (χ4n) is 0.978. The fourth-order valence-corrected chi connectivity index (χ4v) is 1.65. The van der Waals surface area contributed by atoms with Crippen molar-refractivity contribution in [1.29, 1.82) is 0 Å². The van der Waals surface area contributed by atoms with Gasteiger partial charge in [0, 0.05) is 6.42 Å². The molecule has 0 fully saturated rings. The van der Waals surface area contributed by atoms with Crippen molar-refractivity contribution in [2.24, 2.45) is 0 Å². The van der Waals surface area contributed by atoms with Gasteiger partial charge in [0.2, 0.25) is 0 Å². The summed E-state index contributed by atoms with van der Waals surface area (Å²) in [6, 6.07) is 1.62. The Hall–Kier alpha value is -1.07. The molecule has 84 valence electrons. The van der Waals surface area contributed by atoms with Crippen molar-refractivity contribution in [3.8, 4) is 5.75 Å². The molecule has 15 heavy (non-hydrogen) atoms. The summed E-state index contributed by atoms with van der Waals surface area (Å²) in [7, 11) is 0. The van der Waals surface area contributed by atoms with E-state index in [-0.39, 0.29) is 4.88 Å². The molecule has 0 spiro atoms. The van der Waals surface area contributed by atoms with Crippen LogP contribution in [0.3, 0.4) is 0 Å². The number of thiophene rings is 1. The lowest BCUT2D eigenvalue weighted by molar-refractivity contribution is 0.0550. The Labute approximate surface area is 92.1 Å². The topological polar surface area (TPSA) is 66.8 Å². The van der Waals surface area contributed by atoms with Gasteiger partial charge in [0.15, 0.2) is 4.88 Å². The van der Waals surface area contributed by atoms with Gasteiger partial charge >= 0.3 is 5.97 Å². The van der Waals surface area contributed by atoms with Crippen LogP contribution in [-0.2, 0) is 0 Å². The molecule has 0 aliphatic rings. The number of rotatable bonds is 5. The van der Waals surface area contributed by atoms with E-state index in [0.717, 1.165) is 11.3 Å². The van der Waals surface area contributed by atoms with E-state index in [9.17, 15) is 9.90 Å². The number of carboxylic acids is 1. The summed E-state index contributed by atoms with van der Waals surface area (Å²) >= 11 is 1.13. The number of hydrogen-bond acceptors (Lipinski definition) is 4. The highest BCUT2D eigenvalue weighted by atomic mass is 32.1. The maximum absolute atomic E-state index is 10.7. The molecular weight excluding hydrogens is 216 g/mol. The van der Waals surface area contributed by atoms with Gasteiger partial charge in [-0.05, 0) is 25.3 Å². The lowest BCUT2D eigenvalue weighted by Crippen LogP contribution is -2.21. The van der Waals surface area contributed by atoms with Crippen LogP contribution < -0.4 is 4.74 Å².